The average Bonchev–Trinajstić information content (AvgIpc) is 2.63. The Bertz CT molecular complexity index is 728. The van der Waals surface area contributed by atoms with Gasteiger partial charge in [0.2, 0.25) is 0 Å². The van der Waals surface area contributed by atoms with Gasteiger partial charge in [-0.25, -0.2) is 0 Å². The van der Waals surface area contributed by atoms with Crippen LogP contribution in [-0.2, 0) is 4.79 Å². The Morgan fingerprint density at radius 1 is 1.08 bits per heavy atom. The van der Waals surface area contributed by atoms with Gasteiger partial charge in [-0.1, -0.05) is 35.3 Å². The Kier molecular flexibility index (Phi) is 5.84. The minimum Gasteiger partial charge on any atom is -0.359 e. The SMILES string of the molecule is C[C@@H](C(=O)Nc1ccc(Cl)cc1)[NH+]1CCN(c2ccccc2Cl)CC1. The van der Waals surface area contributed by atoms with Gasteiger partial charge in [0.15, 0.2) is 6.04 Å². The molecule has 1 atom stereocenters. The van der Waals surface area contributed by atoms with Gasteiger partial charge in [-0.3, -0.25) is 4.79 Å². The van der Waals surface area contributed by atoms with Crippen molar-refractivity contribution in [2.75, 3.05) is 36.4 Å². The number of quaternary nitrogens is 1. The number of carbonyl (C=O) groups excluding carboxylic acids is 1. The van der Waals surface area contributed by atoms with Crippen LogP contribution in [0.2, 0.25) is 10.0 Å². The minimum absolute atomic E-state index is 0.0310. The molecule has 1 amide bonds. The topological polar surface area (TPSA) is 36.8 Å². The summed E-state index contributed by atoms with van der Waals surface area (Å²) in [5.41, 5.74) is 1.84. The van der Waals surface area contributed by atoms with Crippen molar-refractivity contribution in [1.82, 2.24) is 0 Å². The number of hydrogen-bond acceptors (Lipinski definition) is 2. The first kappa shape index (κ1) is 18.1. The van der Waals surface area contributed by atoms with Crippen LogP contribution in [0.15, 0.2) is 48.5 Å². The first-order chi connectivity index (χ1) is 12.0. The Morgan fingerprint density at radius 2 is 1.72 bits per heavy atom. The van der Waals surface area contributed by atoms with Crippen LogP contribution in [0.1, 0.15) is 6.92 Å². The summed E-state index contributed by atoms with van der Waals surface area (Å²) in [5, 5.41) is 4.40. The third-order valence-electron chi connectivity index (χ3n) is 4.72. The Balaban J connectivity index is 1.56. The normalized spacial score (nSPS) is 16.5. The van der Waals surface area contributed by atoms with E-state index in [4.69, 9.17) is 23.2 Å². The van der Waals surface area contributed by atoms with Crippen LogP contribution in [0.5, 0.6) is 0 Å². The number of hydrogen-bond donors (Lipinski definition) is 2. The number of halogens is 2. The number of para-hydroxylation sites is 1. The van der Waals surface area contributed by atoms with E-state index in [2.05, 4.69) is 10.2 Å². The fourth-order valence-electron chi connectivity index (χ4n) is 3.15. The fourth-order valence-corrected chi connectivity index (χ4v) is 3.53. The molecule has 6 heteroatoms. The van der Waals surface area contributed by atoms with Crippen LogP contribution >= 0.6 is 23.2 Å². The molecule has 3 rings (SSSR count). The molecule has 0 unspecified atom stereocenters. The zero-order chi connectivity index (χ0) is 17.8. The molecule has 1 saturated heterocycles. The molecular formula is C19H22Cl2N3O+. The molecule has 0 bridgehead atoms. The molecule has 0 aliphatic carbocycles. The molecule has 2 aromatic rings. The van der Waals surface area contributed by atoms with E-state index in [0.717, 1.165) is 42.6 Å². The van der Waals surface area contributed by atoms with E-state index in [1.807, 2.05) is 43.3 Å². The van der Waals surface area contributed by atoms with E-state index in [-0.39, 0.29) is 11.9 Å². The van der Waals surface area contributed by atoms with Gasteiger partial charge in [0, 0.05) is 10.7 Å². The summed E-state index contributed by atoms with van der Waals surface area (Å²) in [4.78, 5) is 16.1. The second-order valence-electron chi connectivity index (χ2n) is 6.31. The molecule has 1 fully saturated rings. The van der Waals surface area contributed by atoms with E-state index in [9.17, 15) is 4.79 Å². The van der Waals surface area contributed by atoms with Gasteiger partial charge in [-0.05, 0) is 43.3 Å². The van der Waals surface area contributed by atoms with Crippen LogP contribution in [0, 0.1) is 0 Å². The molecule has 0 radical (unpaired) electrons. The molecule has 1 aliphatic rings. The molecule has 1 heterocycles. The molecular weight excluding hydrogens is 357 g/mol. The van der Waals surface area contributed by atoms with Crippen molar-refractivity contribution in [2.24, 2.45) is 0 Å². The van der Waals surface area contributed by atoms with E-state index >= 15 is 0 Å². The maximum absolute atomic E-state index is 12.5. The molecule has 132 valence electrons. The molecule has 1 aliphatic heterocycles. The number of carbonyl (C=O) groups is 1. The molecule has 2 aromatic carbocycles. The summed E-state index contributed by atoms with van der Waals surface area (Å²) < 4.78 is 0. The molecule has 0 aromatic heterocycles. The van der Waals surface area contributed by atoms with Gasteiger partial charge in [0.1, 0.15) is 0 Å². The zero-order valence-corrected chi connectivity index (χ0v) is 15.6. The van der Waals surface area contributed by atoms with Crippen molar-refractivity contribution in [2.45, 2.75) is 13.0 Å². The highest BCUT2D eigenvalue weighted by Crippen LogP contribution is 2.24. The van der Waals surface area contributed by atoms with Crippen molar-refractivity contribution in [3.8, 4) is 0 Å². The molecule has 25 heavy (non-hydrogen) atoms. The number of amides is 1. The summed E-state index contributed by atoms with van der Waals surface area (Å²) >= 11 is 12.2. The minimum atomic E-state index is -0.107. The number of nitrogens with one attached hydrogen (secondary N) is 2. The first-order valence-electron chi connectivity index (χ1n) is 8.45. The number of rotatable bonds is 4. The lowest BCUT2D eigenvalue weighted by Crippen LogP contribution is -3.19. The average molecular weight is 379 g/mol. The van der Waals surface area contributed by atoms with Gasteiger partial charge >= 0.3 is 0 Å². The van der Waals surface area contributed by atoms with Crippen LogP contribution in [0.3, 0.4) is 0 Å². The summed E-state index contributed by atoms with van der Waals surface area (Å²) in [6, 6.07) is 15.0. The Labute approximate surface area is 158 Å². The van der Waals surface area contributed by atoms with Crippen molar-refractivity contribution in [3.63, 3.8) is 0 Å². The lowest BCUT2D eigenvalue weighted by molar-refractivity contribution is -0.914. The second-order valence-corrected chi connectivity index (χ2v) is 7.16. The Hall–Kier alpha value is -1.75. The third kappa shape index (κ3) is 4.46. The van der Waals surface area contributed by atoms with Gasteiger partial charge in [-0.15, -0.1) is 0 Å². The maximum Gasteiger partial charge on any atom is 0.282 e. The predicted octanol–water partition coefficient (Wildman–Crippen LogP) is 2.73. The number of anilines is 2. The lowest BCUT2D eigenvalue weighted by atomic mass is 10.2. The molecule has 0 saturated carbocycles. The van der Waals surface area contributed by atoms with Crippen LogP contribution in [0.4, 0.5) is 11.4 Å². The van der Waals surface area contributed by atoms with Gasteiger partial charge in [0.05, 0.1) is 36.9 Å². The number of benzene rings is 2. The Morgan fingerprint density at radius 3 is 2.36 bits per heavy atom. The largest absolute Gasteiger partial charge is 0.359 e. The molecule has 4 nitrogen and oxygen atoms in total. The second kappa shape index (κ2) is 8.09. The number of piperazine rings is 1. The van der Waals surface area contributed by atoms with Gasteiger partial charge in [-0.2, -0.15) is 0 Å². The van der Waals surface area contributed by atoms with Crippen LogP contribution in [-0.4, -0.2) is 38.1 Å². The third-order valence-corrected chi connectivity index (χ3v) is 5.29. The van der Waals surface area contributed by atoms with E-state index < -0.39 is 0 Å². The van der Waals surface area contributed by atoms with Gasteiger partial charge in [0.25, 0.3) is 5.91 Å². The summed E-state index contributed by atoms with van der Waals surface area (Å²) in [5.74, 6) is 0.0310. The van der Waals surface area contributed by atoms with Gasteiger partial charge < -0.3 is 15.1 Å². The van der Waals surface area contributed by atoms with E-state index in [1.54, 1.807) is 12.1 Å². The smallest absolute Gasteiger partial charge is 0.282 e. The van der Waals surface area contributed by atoms with E-state index in [1.165, 1.54) is 4.90 Å². The highest BCUT2D eigenvalue weighted by atomic mass is 35.5. The maximum atomic E-state index is 12.5. The fraction of sp³-hybridized carbons (Fsp3) is 0.316. The lowest BCUT2D eigenvalue weighted by Gasteiger charge is -2.36. The summed E-state index contributed by atoms with van der Waals surface area (Å²) in [6.45, 7) is 5.56. The molecule has 0 spiro atoms. The van der Waals surface area contributed by atoms with Crippen molar-refractivity contribution >= 4 is 40.5 Å². The molecule has 2 N–H and O–H groups in total. The van der Waals surface area contributed by atoms with Crippen molar-refractivity contribution < 1.29 is 9.69 Å². The zero-order valence-electron chi connectivity index (χ0n) is 14.1. The van der Waals surface area contributed by atoms with Crippen molar-refractivity contribution in [1.29, 1.82) is 0 Å². The summed E-state index contributed by atoms with van der Waals surface area (Å²) in [7, 11) is 0. The quantitative estimate of drug-likeness (QED) is 0.857. The first-order valence-corrected chi connectivity index (χ1v) is 9.20. The van der Waals surface area contributed by atoms with Crippen LogP contribution in [0.25, 0.3) is 0 Å². The monoisotopic (exact) mass is 378 g/mol. The predicted molar refractivity (Wildman–Crippen MR) is 104 cm³/mol. The van der Waals surface area contributed by atoms with Crippen molar-refractivity contribution in [3.05, 3.63) is 58.6 Å². The standard InChI is InChI=1S/C19H21Cl2N3O/c1-14(19(25)22-16-8-6-15(20)7-9-16)23-10-12-24(13-11-23)18-5-3-2-4-17(18)21/h2-9,14H,10-13H2,1H3,(H,22,25)/p+1/t14-/m0/s1. The summed E-state index contributed by atoms with van der Waals surface area (Å²) in [6.07, 6.45) is 0. The van der Waals surface area contributed by atoms with Crippen LogP contribution < -0.4 is 15.1 Å². The highest BCUT2D eigenvalue weighted by molar-refractivity contribution is 6.33. The number of nitrogens with zero attached hydrogens (tertiary/aromatic N) is 1. The highest BCUT2D eigenvalue weighted by Gasteiger charge is 2.29. The van der Waals surface area contributed by atoms with E-state index in [0.29, 0.717) is 5.02 Å².